The van der Waals surface area contributed by atoms with Crippen molar-refractivity contribution in [1.29, 1.82) is 0 Å². The number of piperidine rings is 1. The number of likely N-dealkylation sites (tertiary alicyclic amines) is 1. The number of H-pyrrole nitrogens is 1. The third-order valence-corrected chi connectivity index (χ3v) is 4.50. The van der Waals surface area contributed by atoms with Crippen LogP contribution in [0.25, 0.3) is 0 Å². The van der Waals surface area contributed by atoms with Crippen molar-refractivity contribution < 1.29 is 24.2 Å². The van der Waals surface area contributed by atoms with Crippen molar-refractivity contribution in [2.45, 2.75) is 40.0 Å². The molecule has 1 aromatic rings. The van der Waals surface area contributed by atoms with Gasteiger partial charge in [0.25, 0.3) is 5.91 Å². The van der Waals surface area contributed by atoms with Crippen LogP contribution in [0.1, 0.15) is 58.3 Å². The van der Waals surface area contributed by atoms with Gasteiger partial charge in [-0.05, 0) is 45.1 Å². The first-order chi connectivity index (χ1) is 11.3. The van der Waals surface area contributed by atoms with Gasteiger partial charge in [-0.3, -0.25) is 9.59 Å². The predicted octanol–water partition coefficient (Wildman–Crippen LogP) is 2.14. The Hall–Kier alpha value is -2.31. The Morgan fingerprint density at radius 1 is 1.25 bits per heavy atom. The van der Waals surface area contributed by atoms with E-state index in [1.54, 1.807) is 25.7 Å². The Labute approximate surface area is 141 Å². The number of carbonyl (C=O) groups is 3. The molecule has 2 heterocycles. The number of hydrogen-bond donors (Lipinski definition) is 2. The summed E-state index contributed by atoms with van der Waals surface area (Å²) in [5.41, 5.74) is 2.07. The zero-order valence-electron chi connectivity index (χ0n) is 14.3. The van der Waals surface area contributed by atoms with Gasteiger partial charge in [-0.15, -0.1) is 0 Å². The Morgan fingerprint density at radius 2 is 1.88 bits per heavy atom. The summed E-state index contributed by atoms with van der Waals surface area (Å²) in [6, 6.07) is 0. The van der Waals surface area contributed by atoms with E-state index in [-0.39, 0.29) is 24.9 Å². The van der Waals surface area contributed by atoms with Gasteiger partial charge in [0.05, 0.1) is 12.2 Å². The minimum Gasteiger partial charge on any atom is -0.481 e. The minimum atomic E-state index is -0.795. The van der Waals surface area contributed by atoms with Crippen molar-refractivity contribution in [3.63, 3.8) is 0 Å². The number of carbonyl (C=O) groups excluding carboxylic acids is 2. The quantitative estimate of drug-likeness (QED) is 0.803. The molecule has 0 aliphatic carbocycles. The molecular weight excluding hydrogens is 312 g/mol. The molecule has 2 N–H and O–H groups in total. The number of aromatic nitrogens is 1. The number of carboxylic acids is 1. The highest BCUT2D eigenvalue weighted by Gasteiger charge is 2.29. The van der Waals surface area contributed by atoms with Gasteiger partial charge in [0, 0.05) is 25.2 Å². The highest BCUT2D eigenvalue weighted by molar-refractivity contribution is 6.01. The molecule has 0 unspecified atom stereocenters. The van der Waals surface area contributed by atoms with Gasteiger partial charge in [-0.1, -0.05) is 0 Å². The predicted molar refractivity (Wildman–Crippen MR) is 87.1 cm³/mol. The van der Waals surface area contributed by atoms with Crippen LogP contribution in [-0.4, -0.2) is 52.5 Å². The number of hydrogen-bond acceptors (Lipinski definition) is 4. The van der Waals surface area contributed by atoms with Crippen molar-refractivity contribution in [1.82, 2.24) is 9.88 Å². The monoisotopic (exact) mass is 336 g/mol. The molecule has 0 saturated carbocycles. The lowest BCUT2D eigenvalue weighted by Gasteiger charge is -2.31. The molecule has 0 radical (unpaired) electrons. The maximum Gasteiger partial charge on any atom is 0.355 e. The first kappa shape index (κ1) is 18.0. The average Bonchev–Trinajstić information content (AvgIpc) is 2.82. The first-order valence-electron chi connectivity index (χ1n) is 8.22. The van der Waals surface area contributed by atoms with E-state index < -0.39 is 11.9 Å². The Kier molecular flexibility index (Phi) is 5.64. The summed E-state index contributed by atoms with van der Waals surface area (Å²) >= 11 is 0. The van der Waals surface area contributed by atoms with E-state index >= 15 is 0 Å². The second kappa shape index (κ2) is 7.51. The fourth-order valence-electron chi connectivity index (χ4n) is 3.22. The molecule has 1 aromatic heterocycles. The first-order valence-corrected chi connectivity index (χ1v) is 8.22. The molecule has 7 nitrogen and oxygen atoms in total. The van der Waals surface area contributed by atoms with Gasteiger partial charge in [-0.25, -0.2) is 4.79 Å². The van der Waals surface area contributed by atoms with Gasteiger partial charge >= 0.3 is 11.9 Å². The number of aliphatic carboxylic acids is 1. The number of aryl methyl sites for hydroxylation is 1. The number of rotatable bonds is 5. The van der Waals surface area contributed by atoms with E-state index in [4.69, 9.17) is 9.84 Å². The van der Waals surface area contributed by atoms with Crippen molar-refractivity contribution in [2.75, 3.05) is 19.7 Å². The summed E-state index contributed by atoms with van der Waals surface area (Å²) < 4.78 is 5.00. The van der Waals surface area contributed by atoms with Crippen LogP contribution in [0.4, 0.5) is 0 Å². The van der Waals surface area contributed by atoms with Crippen LogP contribution in [0.3, 0.4) is 0 Å². The molecule has 2 rings (SSSR count). The lowest BCUT2D eigenvalue weighted by Crippen LogP contribution is -2.39. The third kappa shape index (κ3) is 3.77. The normalized spacial score (nSPS) is 15.4. The molecule has 1 amide bonds. The summed E-state index contributed by atoms with van der Waals surface area (Å²) in [6.07, 6.45) is 1.52. The second-order valence-corrected chi connectivity index (χ2v) is 6.18. The Morgan fingerprint density at radius 3 is 2.42 bits per heavy atom. The summed E-state index contributed by atoms with van der Waals surface area (Å²) in [5.74, 6) is -1.26. The van der Waals surface area contributed by atoms with Crippen LogP contribution < -0.4 is 0 Å². The van der Waals surface area contributed by atoms with Gasteiger partial charge in [0.2, 0.25) is 0 Å². The molecule has 0 bridgehead atoms. The van der Waals surface area contributed by atoms with E-state index in [1.165, 1.54) is 0 Å². The standard InChI is InChI=1S/C17H24N2O5/c1-4-24-17(23)15-10(2)14(11(3)18-15)16(22)19-7-5-12(6-8-19)9-13(20)21/h12,18H,4-9H2,1-3H3,(H,20,21). The van der Waals surface area contributed by atoms with E-state index in [0.717, 1.165) is 0 Å². The maximum absolute atomic E-state index is 12.8. The number of carboxylic acid groups (broad SMARTS) is 1. The molecule has 1 fully saturated rings. The average molecular weight is 336 g/mol. The summed E-state index contributed by atoms with van der Waals surface area (Å²) in [7, 11) is 0. The number of ether oxygens (including phenoxy) is 1. The van der Waals surface area contributed by atoms with Crippen LogP contribution in [-0.2, 0) is 9.53 Å². The molecule has 0 spiro atoms. The molecular formula is C17H24N2O5. The van der Waals surface area contributed by atoms with Crippen LogP contribution in [0.15, 0.2) is 0 Å². The van der Waals surface area contributed by atoms with E-state index in [0.29, 0.717) is 48.4 Å². The summed E-state index contributed by atoms with van der Waals surface area (Å²) in [5, 5.41) is 8.86. The molecule has 0 atom stereocenters. The molecule has 132 valence electrons. The Balaban J connectivity index is 2.11. The van der Waals surface area contributed by atoms with E-state index in [2.05, 4.69) is 4.98 Å². The van der Waals surface area contributed by atoms with E-state index in [9.17, 15) is 14.4 Å². The van der Waals surface area contributed by atoms with Gasteiger partial charge in [0.15, 0.2) is 0 Å². The smallest absolute Gasteiger partial charge is 0.355 e. The number of amides is 1. The number of nitrogens with one attached hydrogen (secondary N) is 1. The fraction of sp³-hybridized carbons (Fsp3) is 0.588. The number of nitrogens with zero attached hydrogens (tertiary/aromatic N) is 1. The largest absolute Gasteiger partial charge is 0.481 e. The van der Waals surface area contributed by atoms with Crippen LogP contribution in [0.2, 0.25) is 0 Å². The third-order valence-electron chi connectivity index (χ3n) is 4.50. The topological polar surface area (TPSA) is 99.7 Å². The van der Waals surface area contributed by atoms with Crippen molar-refractivity contribution >= 4 is 17.8 Å². The zero-order valence-corrected chi connectivity index (χ0v) is 14.3. The SMILES string of the molecule is CCOC(=O)c1[nH]c(C)c(C(=O)N2CCC(CC(=O)O)CC2)c1C. The van der Waals surface area contributed by atoms with Crippen molar-refractivity contribution in [2.24, 2.45) is 5.92 Å². The molecule has 7 heteroatoms. The van der Waals surface area contributed by atoms with Gasteiger partial charge in [-0.2, -0.15) is 0 Å². The van der Waals surface area contributed by atoms with Gasteiger partial charge in [0.1, 0.15) is 5.69 Å². The van der Waals surface area contributed by atoms with E-state index in [1.807, 2.05) is 0 Å². The highest BCUT2D eigenvalue weighted by atomic mass is 16.5. The summed E-state index contributed by atoms with van der Waals surface area (Å²) in [6.45, 7) is 6.58. The minimum absolute atomic E-state index is 0.120. The van der Waals surface area contributed by atoms with Crippen molar-refractivity contribution in [3.05, 3.63) is 22.5 Å². The number of esters is 1. The lowest BCUT2D eigenvalue weighted by atomic mass is 9.93. The molecule has 0 aromatic carbocycles. The van der Waals surface area contributed by atoms with Crippen LogP contribution in [0, 0.1) is 19.8 Å². The van der Waals surface area contributed by atoms with Gasteiger partial charge < -0.3 is 19.7 Å². The number of aromatic amines is 1. The van der Waals surface area contributed by atoms with Crippen molar-refractivity contribution in [3.8, 4) is 0 Å². The highest BCUT2D eigenvalue weighted by Crippen LogP contribution is 2.25. The van der Waals surface area contributed by atoms with Crippen LogP contribution in [0.5, 0.6) is 0 Å². The van der Waals surface area contributed by atoms with Crippen LogP contribution >= 0.6 is 0 Å². The summed E-state index contributed by atoms with van der Waals surface area (Å²) in [4.78, 5) is 40.2. The zero-order chi connectivity index (χ0) is 17.9. The maximum atomic E-state index is 12.8. The molecule has 1 aliphatic heterocycles. The lowest BCUT2D eigenvalue weighted by molar-refractivity contribution is -0.138. The fourth-order valence-corrected chi connectivity index (χ4v) is 3.22. The second-order valence-electron chi connectivity index (χ2n) is 6.18. The molecule has 1 saturated heterocycles. The molecule has 24 heavy (non-hydrogen) atoms. The Bertz CT molecular complexity index is 642. The molecule has 1 aliphatic rings.